The van der Waals surface area contributed by atoms with Crippen molar-refractivity contribution in [2.24, 2.45) is 5.41 Å². The molecule has 0 saturated heterocycles. The van der Waals surface area contributed by atoms with E-state index < -0.39 is 0 Å². The van der Waals surface area contributed by atoms with Crippen LogP contribution in [0.15, 0.2) is 36.5 Å². The molecule has 0 bridgehead atoms. The van der Waals surface area contributed by atoms with Gasteiger partial charge in [-0.15, -0.1) is 0 Å². The Labute approximate surface area is 120 Å². The average Bonchev–Trinajstić information content (AvgIpc) is 2.92. The van der Waals surface area contributed by atoms with Crippen molar-refractivity contribution in [3.8, 4) is 5.69 Å². The molecule has 4 heteroatoms. The molecule has 0 amide bonds. The van der Waals surface area contributed by atoms with E-state index in [1.807, 2.05) is 36.5 Å². The maximum atomic E-state index is 4.51. The molecule has 1 fully saturated rings. The third-order valence-electron chi connectivity index (χ3n) is 4.50. The van der Waals surface area contributed by atoms with Gasteiger partial charge in [-0.25, -0.2) is 0 Å². The standard InChI is InChI=1S/C16H22N4/c1-2-16(9-6-10-16)13-17-11-14-12-18-20(19-14)15-7-4-3-5-8-15/h3-5,7-8,12,17H,2,6,9-11,13H2,1H3. The van der Waals surface area contributed by atoms with Gasteiger partial charge in [-0.3, -0.25) is 0 Å². The van der Waals surface area contributed by atoms with E-state index in [1.54, 1.807) is 4.80 Å². The van der Waals surface area contributed by atoms with Crippen molar-refractivity contribution < 1.29 is 0 Å². The van der Waals surface area contributed by atoms with Gasteiger partial charge in [0, 0.05) is 13.1 Å². The van der Waals surface area contributed by atoms with Gasteiger partial charge in [0.1, 0.15) is 0 Å². The molecular formula is C16H22N4. The number of nitrogens with zero attached hydrogens (tertiary/aromatic N) is 3. The molecule has 20 heavy (non-hydrogen) atoms. The summed E-state index contributed by atoms with van der Waals surface area (Å²) in [6.45, 7) is 4.20. The summed E-state index contributed by atoms with van der Waals surface area (Å²) >= 11 is 0. The van der Waals surface area contributed by atoms with Crippen molar-refractivity contribution >= 4 is 0 Å². The molecule has 0 atom stereocenters. The molecule has 1 saturated carbocycles. The highest BCUT2D eigenvalue weighted by atomic mass is 15.5. The number of rotatable bonds is 6. The van der Waals surface area contributed by atoms with Crippen molar-refractivity contribution in [1.29, 1.82) is 0 Å². The van der Waals surface area contributed by atoms with Crippen LogP contribution in [-0.4, -0.2) is 21.5 Å². The molecule has 1 aliphatic rings. The van der Waals surface area contributed by atoms with E-state index >= 15 is 0 Å². The fourth-order valence-electron chi connectivity index (χ4n) is 2.85. The fraction of sp³-hybridized carbons (Fsp3) is 0.500. The van der Waals surface area contributed by atoms with Gasteiger partial charge in [-0.2, -0.15) is 15.0 Å². The topological polar surface area (TPSA) is 42.7 Å². The van der Waals surface area contributed by atoms with Gasteiger partial charge in [-0.05, 0) is 36.8 Å². The summed E-state index contributed by atoms with van der Waals surface area (Å²) in [6, 6.07) is 10.0. The van der Waals surface area contributed by atoms with Gasteiger partial charge < -0.3 is 5.32 Å². The summed E-state index contributed by atoms with van der Waals surface area (Å²) in [5.41, 5.74) is 2.55. The molecule has 0 aliphatic heterocycles. The zero-order valence-electron chi connectivity index (χ0n) is 12.0. The van der Waals surface area contributed by atoms with Crippen LogP contribution in [0, 0.1) is 5.41 Å². The van der Waals surface area contributed by atoms with Gasteiger partial charge in [-0.1, -0.05) is 31.5 Å². The molecule has 2 aromatic rings. The first kappa shape index (κ1) is 13.3. The smallest absolute Gasteiger partial charge is 0.0969 e. The molecule has 1 aromatic carbocycles. The Bertz CT molecular complexity index is 537. The van der Waals surface area contributed by atoms with E-state index in [0.717, 1.165) is 24.5 Å². The van der Waals surface area contributed by atoms with Gasteiger partial charge in [0.25, 0.3) is 0 Å². The van der Waals surface area contributed by atoms with Crippen LogP contribution in [0.3, 0.4) is 0 Å². The SMILES string of the molecule is CCC1(CNCc2cnn(-c3ccccc3)n2)CCC1. The Kier molecular flexibility index (Phi) is 3.83. The van der Waals surface area contributed by atoms with Crippen molar-refractivity contribution in [3.63, 3.8) is 0 Å². The minimum Gasteiger partial charge on any atom is -0.311 e. The predicted octanol–water partition coefficient (Wildman–Crippen LogP) is 2.94. The lowest BCUT2D eigenvalue weighted by atomic mass is 9.67. The zero-order chi connectivity index (χ0) is 13.8. The van der Waals surface area contributed by atoms with Crippen molar-refractivity contribution in [2.75, 3.05) is 6.54 Å². The van der Waals surface area contributed by atoms with Crippen LogP contribution in [0.2, 0.25) is 0 Å². The highest BCUT2D eigenvalue weighted by Gasteiger charge is 2.34. The van der Waals surface area contributed by atoms with Gasteiger partial charge >= 0.3 is 0 Å². The quantitative estimate of drug-likeness (QED) is 0.877. The van der Waals surface area contributed by atoms with Crippen LogP contribution >= 0.6 is 0 Å². The first-order valence-corrected chi connectivity index (χ1v) is 7.49. The molecule has 1 aliphatic carbocycles. The fourth-order valence-corrected chi connectivity index (χ4v) is 2.85. The molecule has 0 radical (unpaired) electrons. The Hall–Kier alpha value is -1.68. The normalized spacial score (nSPS) is 16.9. The molecule has 1 N–H and O–H groups in total. The van der Waals surface area contributed by atoms with E-state index in [-0.39, 0.29) is 0 Å². The molecule has 106 valence electrons. The molecule has 3 rings (SSSR count). The van der Waals surface area contributed by atoms with Gasteiger partial charge in [0.15, 0.2) is 0 Å². The van der Waals surface area contributed by atoms with Crippen molar-refractivity contribution in [3.05, 3.63) is 42.2 Å². The summed E-state index contributed by atoms with van der Waals surface area (Å²) in [5, 5.41) is 12.4. The Morgan fingerprint density at radius 3 is 2.70 bits per heavy atom. The van der Waals surface area contributed by atoms with Crippen LogP contribution in [0.25, 0.3) is 5.69 Å². The van der Waals surface area contributed by atoms with Crippen LogP contribution in [0.4, 0.5) is 0 Å². The molecule has 0 unspecified atom stereocenters. The van der Waals surface area contributed by atoms with Crippen LogP contribution in [0.1, 0.15) is 38.3 Å². The average molecular weight is 270 g/mol. The van der Waals surface area contributed by atoms with Crippen LogP contribution < -0.4 is 5.32 Å². The van der Waals surface area contributed by atoms with E-state index in [2.05, 4.69) is 22.4 Å². The highest BCUT2D eigenvalue weighted by molar-refractivity contribution is 5.28. The lowest BCUT2D eigenvalue weighted by Gasteiger charge is -2.41. The summed E-state index contributed by atoms with van der Waals surface area (Å²) in [6.07, 6.45) is 7.25. The summed E-state index contributed by atoms with van der Waals surface area (Å²) in [7, 11) is 0. The number of aromatic nitrogens is 3. The maximum Gasteiger partial charge on any atom is 0.0969 e. The summed E-state index contributed by atoms with van der Waals surface area (Å²) in [4.78, 5) is 1.69. The Balaban J connectivity index is 1.55. The van der Waals surface area contributed by atoms with Gasteiger partial charge in [0.2, 0.25) is 0 Å². The lowest BCUT2D eigenvalue weighted by Crippen LogP contribution is -2.39. The number of nitrogens with one attached hydrogen (secondary N) is 1. The number of benzene rings is 1. The van der Waals surface area contributed by atoms with E-state index in [1.165, 1.54) is 25.7 Å². The molecule has 4 nitrogen and oxygen atoms in total. The third-order valence-corrected chi connectivity index (χ3v) is 4.50. The van der Waals surface area contributed by atoms with E-state index in [4.69, 9.17) is 0 Å². The second kappa shape index (κ2) is 5.75. The largest absolute Gasteiger partial charge is 0.311 e. The molecule has 1 heterocycles. The monoisotopic (exact) mass is 270 g/mol. The van der Waals surface area contributed by atoms with E-state index in [9.17, 15) is 0 Å². The Morgan fingerprint density at radius 1 is 1.25 bits per heavy atom. The summed E-state index contributed by atoms with van der Waals surface area (Å²) < 4.78 is 0. The minimum atomic E-state index is 0.551. The van der Waals surface area contributed by atoms with Crippen molar-refractivity contribution in [2.45, 2.75) is 39.2 Å². The Morgan fingerprint density at radius 2 is 2.05 bits per heavy atom. The van der Waals surface area contributed by atoms with Crippen LogP contribution in [-0.2, 0) is 6.54 Å². The molecule has 0 spiro atoms. The highest BCUT2D eigenvalue weighted by Crippen LogP contribution is 2.43. The lowest BCUT2D eigenvalue weighted by molar-refractivity contribution is 0.123. The van der Waals surface area contributed by atoms with Crippen molar-refractivity contribution in [1.82, 2.24) is 20.3 Å². The molecular weight excluding hydrogens is 248 g/mol. The number of hydrogen-bond donors (Lipinski definition) is 1. The zero-order valence-corrected chi connectivity index (χ0v) is 12.0. The first-order chi connectivity index (χ1) is 9.81. The third kappa shape index (κ3) is 2.75. The van der Waals surface area contributed by atoms with Crippen LogP contribution in [0.5, 0.6) is 0 Å². The second-order valence-electron chi connectivity index (χ2n) is 5.77. The summed E-state index contributed by atoms with van der Waals surface area (Å²) in [5.74, 6) is 0. The minimum absolute atomic E-state index is 0.551. The second-order valence-corrected chi connectivity index (χ2v) is 5.77. The number of hydrogen-bond acceptors (Lipinski definition) is 3. The predicted molar refractivity (Wildman–Crippen MR) is 79.6 cm³/mol. The number of para-hydroxylation sites is 1. The first-order valence-electron chi connectivity index (χ1n) is 7.49. The maximum absolute atomic E-state index is 4.51. The van der Waals surface area contributed by atoms with Gasteiger partial charge in [0.05, 0.1) is 17.6 Å². The molecule has 1 aromatic heterocycles. The van der Waals surface area contributed by atoms with E-state index in [0.29, 0.717) is 5.41 Å².